The van der Waals surface area contributed by atoms with Crippen LogP contribution < -0.4 is 5.32 Å². The fourth-order valence-electron chi connectivity index (χ4n) is 3.05. The van der Waals surface area contributed by atoms with Crippen molar-refractivity contribution in [2.24, 2.45) is 0 Å². The topological polar surface area (TPSA) is 71.3 Å². The molecule has 2 heterocycles. The maximum absolute atomic E-state index is 13.0. The van der Waals surface area contributed by atoms with Crippen molar-refractivity contribution in [3.05, 3.63) is 40.5 Å². The highest BCUT2D eigenvalue weighted by atomic mass is 35.5. The standard InChI is InChI=1S/C17H21ClN4O2/c1-3-19-15-7-6-13(18)9-14(15)17(23)22-8-4-5-12(10-22)16-20-11(2)21-24-16/h6-7,9,12,19H,3-5,8,10H2,1-2H3. The van der Waals surface area contributed by atoms with Crippen molar-refractivity contribution in [3.63, 3.8) is 0 Å². The van der Waals surface area contributed by atoms with E-state index >= 15 is 0 Å². The Balaban J connectivity index is 1.80. The average Bonchev–Trinajstić information content (AvgIpc) is 3.03. The molecule has 1 atom stereocenters. The molecule has 0 spiro atoms. The molecule has 1 saturated heterocycles. The molecule has 1 aliphatic heterocycles. The summed E-state index contributed by atoms with van der Waals surface area (Å²) >= 11 is 6.10. The van der Waals surface area contributed by atoms with Gasteiger partial charge in [0.15, 0.2) is 5.82 Å². The average molecular weight is 349 g/mol. The van der Waals surface area contributed by atoms with Gasteiger partial charge in [-0.25, -0.2) is 0 Å². The Morgan fingerprint density at radius 2 is 2.33 bits per heavy atom. The van der Waals surface area contributed by atoms with Crippen LogP contribution in [0.3, 0.4) is 0 Å². The van der Waals surface area contributed by atoms with E-state index in [1.54, 1.807) is 19.1 Å². The monoisotopic (exact) mass is 348 g/mol. The number of rotatable bonds is 4. The summed E-state index contributed by atoms with van der Waals surface area (Å²) in [5.74, 6) is 1.31. The molecular weight excluding hydrogens is 328 g/mol. The van der Waals surface area contributed by atoms with E-state index in [0.717, 1.165) is 31.6 Å². The molecule has 1 N–H and O–H groups in total. The number of piperidine rings is 1. The van der Waals surface area contributed by atoms with Crippen LogP contribution in [0.4, 0.5) is 5.69 Å². The maximum atomic E-state index is 13.0. The van der Waals surface area contributed by atoms with Crippen LogP contribution in [0.2, 0.25) is 5.02 Å². The summed E-state index contributed by atoms with van der Waals surface area (Å²) in [7, 11) is 0. The van der Waals surface area contributed by atoms with Crippen LogP contribution in [-0.2, 0) is 0 Å². The van der Waals surface area contributed by atoms with Gasteiger partial charge in [-0.05, 0) is 44.9 Å². The zero-order valence-corrected chi connectivity index (χ0v) is 14.6. The second kappa shape index (κ2) is 7.21. The summed E-state index contributed by atoms with van der Waals surface area (Å²) in [5, 5.41) is 7.63. The number of hydrogen-bond acceptors (Lipinski definition) is 5. The van der Waals surface area contributed by atoms with Crippen molar-refractivity contribution < 1.29 is 9.32 Å². The Morgan fingerprint density at radius 1 is 1.50 bits per heavy atom. The van der Waals surface area contributed by atoms with E-state index < -0.39 is 0 Å². The maximum Gasteiger partial charge on any atom is 0.256 e. The number of nitrogens with zero attached hydrogens (tertiary/aromatic N) is 3. The number of carbonyl (C=O) groups is 1. The fourth-order valence-corrected chi connectivity index (χ4v) is 3.22. The summed E-state index contributed by atoms with van der Waals surface area (Å²) in [4.78, 5) is 19.2. The number of nitrogens with one attached hydrogen (secondary N) is 1. The first-order valence-electron chi connectivity index (χ1n) is 8.21. The Bertz CT molecular complexity index is 731. The Morgan fingerprint density at radius 3 is 3.04 bits per heavy atom. The fraction of sp³-hybridized carbons (Fsp3) is 0.471. The molecule has 1 aromatic carbocycles. The molecule has 6 nitrogen and oxygen atoms in total. The molecule has 0 saturated carbocycles. The SMILES string of the molecule is CCNc1ccc(Cl)cc1C(=O)N1CCCC(c2nc(C)no2)C1. The van der Waals surface area contributed by atoms with E-state index in [0.29, 0.717) is 28.8 Å². The number of carbonyl (C=O) groups excluding carboxylic acids is 1. The largest absolute Gasteiger partial charge is 0.385 e. The second-order valence-electron chi connectivity index (χ2n) is 5.99. The van der Waals surface area contributed by atoms with Crippen molar-refractivity contribution in [2.75, 3.05) is 25.0 Å². The summed E-state index contributed by atoms with van der Waals surface area (Å²) in [6.07, 6.45) is 1.86. The molecule has 3 rings (SSSR count). The van der Waals surface area contributed by atoms with Crippen LogP contribution in [0.15, 0.2) is 22.7 Å². The van der Waals surface area contributed by atoms with Gasteiger partial charge in [0.05, 0.1) is 11.5 Å². The lowest BCUT2D eigenvalue weighted by Crippen LogP contribution is -2.39. The molecule has 0 radical (unpaired) electrons. The molecule has 1 aliphatic rings. The molecular formula is C17H21ClN4O2. The molecule has 24 heavy (non-hydrogen) atoms. The zero-order chi connectivity index (χ0) is 17.1. The molecule has 1 aromatic heterocycles. The number of aryl methyl sites for hydroxylation is 1. The normalized spacial score (nSPS) is 17.8. The highest BCUT2D eigenvalue weighted by molar-refractivity contribution is 6.31. The van der Waals surface area contributed by atoms with Crippen LogP contribution in [0.25, 0.3) is 0 Å². The summed E-state index contributed by atoms with van der Waals surface area (Å²) in [6.45, 7) is 5.84. The first-order valence-corrected chi connectivity index (χ1v) is 8.59. The van der Waals surface area contributed by atoms with Crippen molar-refractivity contribution >= 4 is 23.2 Å². The van der Waals surface area contributed by atoms with Gasteiger partial charge in [-0.1, -0.05) is 16.8 Å². The third-order valence-electron chi connectivity index (χ3n) is 4.18. The van der Waals surface area contributed by atoms with Gasteiger partial charge in [-0.2, -0.15) is 4.98 Å². The van der Waals surface area contributed by atoms with Gasteiger partial charge in [-0.15, -0.1) is 0 Å². The van der Waals surface area contributed by atoms with Crippen molar-refractivity contribution in [1.82, 2.24) is 15.0 Å². The summed E-state index contributed by atoms with van der Waals surface area (Å²) < 4.78 is 5.29. The molecule has 1 unspecified atom stereocenters. The second-order valence-corrected chi connectivity index (χ2v) is 6.43. The van der Waals surface area contributed by atoms with Crippen LogP contribution in [0.1, 0.15) is 47.8 Å². The number of aromatic nitrogens is 2. The lowest BCUT2D eigenvalue weighted by Gasteiger charge is -2.31. The number of benzene rings is 1. The first-order chi connectivity index (χ1) is 11.6. The lowest BCUT2D eigenvalue weighted by atomic mass is 9.97. The Labute approximate surface area is 146 Å². The predicted octanol–water partition coefficient (Wildman–Crippen LogP) is 3.48. The number of hydrogen-bond donors (Lipinski definition) is 1. The number of halogens is 1. The smallest absolute Gasteiger partial charge is 0.256 e. The van der Waals surface area contributed by atoms with E-state index in [1.807, 2.05) is 17.9 Å². The van der Waals surface area contributed by atoms with Gasteiger partial charge < -0.3 is 14.7 Å². The molecule has 1 fully saturated rings. The van der Waals surface area contributed by atoms with Crippen molar-refractivity contribution in [2.45, 2.75) is 32.6 Å². The molecule has 0 bridgehead atoms. The summed E-state index contributed by atoms with van der Waals surface area (Å²) in [5.41, 5.74) is 1.41. The van der Waals surface area contributed by atoms with Gasteiger partial charge in [0.1, 0.15) is 0 Å². The quantitative estimate of drug-likeness (QED) is 0.915. The molecule has 0 aliphatic carbocycles. The van der Waals surface area contributed by atoms with Crippen LogP contribution in [0.5, 0.6) is 0 Å². The minimum absolute atomic E-state index is 0.0191. The predicted molar refractivity (Wildman–Crippen MR) is 92.5 cm³/mol. The van der Waals surface area contributed by atoms with Crippen molar-refractivity contribution in [3.8, 4) is 0 Å². The van der Waals surface area contributed by atoms with E-state index in [-0.39, 0.29) is 11.8 Å². The van der Waals surface area contributed by atoms with E-state index in [4.69, 9.17) is 16.1 Å². The molecule has 128 valence electrons. The highest BCUT2D eigenvalue weighted by Gasteiger charge is 2.29. The molecule has 7 heteroatoms. The van der Waals surface area contributed by atoms with Crippen LogP contribution >= 0.6 is 11.6 Å². The van der Waals surface area contributed by atoms with Crippen LogP contribution in [-0.4, -0.2) is 40.6 Å². The Hall–Kier alpha value is -2.08. The molecule has 2 aromatic rings. The van der Waals surface area contributed by atoms with Gasteiger partial charge >= 0.3 is 0 Å². The van der Waals surface area contributed by atoms with E-state index in [9.17, 15) is 4.79 Å². The van der Waals surface area contributed by atoms with Gasteiger partial charge in [0.2, 0.25) is 5.89 Å². The number of amides is 1. The summed E-state index contributed by atoms with van der Waals surface area (Å²) in [6, 6.07) is 5.36. The number of likely N-dealkylation sites (tertiary alicyclic amines) is 1. The van der Waals surface area contributed by atoms with Gasteiger partial charge in [-0.3, -0.25) is 4.79 Å². The first kappa shape index (κ1) is 16.8. The third kappa shape index (κ3) is 3.53. The zero-order valence-electron chi connectivity index (χ0n) is 13.9. The molecule has 1 amide bonds. The van der Waals surface area contributed by atoms with E-state index in [2.05, 4.69) is 15.5 Å². The van der Waals surface area contributed by atoms with Gasteiger partial charge in [0, 0.05) is 30.3 Å². The van der Waals surface area contributed by atoms with Gasteiger partial charge in [0.25, 0.3) is 5.91 Å². The Kier molecular flexibility index (Phi) is 5.04. The minimum Gasteiger partial charge on any atom is -0.385 e. The lowest BCUT2D eigenvalue weighted by molar-refractivity contribution is 0.0696. The third-order valence-corrected chi connectivity index (χ3v) is 4.42. The highest BCUT2D eigenvalue weighted by Crippen LogP contribution is 2.29. The van der Waals surface area contributed by atoms with Crippen molar-refractivity contribution in [1.29, 1.82) is 0 Å². The van der Waals surface area contributed by atoms with E-state index in [1.165, 1.54) is 0 Å². The number of anilines is 1. The van der Waals surface area contributed by atoms with Crippen LogP contribution in [0, 0.1) is 6.92 Å². The minimum atomic E-state index is -0.0191.